The van der Waals surface area contributed by atoms with Crippen molar-refractivity contribution in [2.24, 2.45) is 62.1 Å². The van der Waals surface area contributed by atoms with Crippen LogP contribution in [0.3, 0.4) is 0 Å². The van der Waals surface area contributed by atoms with Gasteiger partial charge in [0.1, 0.15) is 0 Å². The Balaban J connectivity index is 1.49. The average molecular weight is 527 g/mol. The Morgan fingerprint density at radius 1 is 0.868 bits per heavy atom. The molecule has 0 spiro atoms. The third-order valence-corrected chi connectivity index (χ3v) is 14.3. The fourth-order valence-electron chi connectivity index (χ4n) is 12.0. The summed E-state index contributed by atoms with van der Waals surface area (Å²) in [5.74, 6) is 3.05. The van der Waals surface area contributed by atoms with E-state index in [4.69, 9.17) is 4.74 Å². The first-order valence-corrected chi connectivity index (χ1v) is 15.9. The van der Waals surface area contributed by atoms with E-state index in [1.54, 1.807) is 0 Å². The molecular weight excluding hydrogens is 468 g/mol. The molecule has 5 fully saturated rings. The normalized spacial score (nSPS) is 49.7. The highest BCUT2D eigenvalue weighted by atomic mass is 16.5. The SMILES string of the molecule is C=C(C)[C@@H]1CC[C@]2(COC(=O)C(C)(C)C)CC[C@]3(C)[C@H](CC[C@@H]4[C@@]5(C)CC[C@H](O)C(C)(C)[C@@H]5CC[C@]43C)[C@@H]12. The first-order chi connectivity index (χ1) is 17.4. The van der Waals surface area contributed by atoms with Gasteiger partial charge in [-0.05, 0) is 143 Å². The lowest BCUT2D eigenvalue weighted by atomic mass is 9.32. The van der Waals surface area contributed by atoms with Crippen LogP contribution in [0.2, 0.25) is 0 Å². The summed E-state index contributed by atoms with van der Waals surface area (Å²) >= 11 is 0. The summed E-state index contributed by atoms with van der Waals surface area (Å²) in [6.45, 7) is 25.9. The van der Waals surface area contributed by atoms with Crippen molar-refractivity contribution in [2.45, 2.75) is 133 Å². The fourth-order valence-corrected chi connectivity index (χ4v) is 12.0. The standard InChI is InChI=1S/C35H58O3/c1-22(2)23-13-18-35(21-38-29(37)30(3,4)5)20-19-33(9)24(28(23)35)11-12-26-32(8)16-15-27(36)31(6,7)25(32)14-17-34(26,33)10/h23-28,36H,1,11-21H2,2-10H3/t23-,24+,25-,26+,27-,28+,32-,33+,34+,35+/m0/s1. The van der Waals surface area contributed by atoms with Gasteiger partial charge in [-0.15, -0.1) is 0 Å². The second-order valence-corrected chi connectivity index (χ2v) is 17.3. The molecule has 38 heavy (non-hydrogen) atoms. The lowest BCUT2D eigenvalue weighted by Crippen LogP contribution is -2.66. The van der Waals surface area contributed by atoms with E-state index in [1.807, 2.05) is 20.8 Å². The monoisotopic (exact) mass is 526 g/mol. The molecule has 0 saturated heterocycles. The minimum atomic E-state index is -0.456. The van der Waals surface area contributed by atoms with Gasteiger partial charge in [0.05, 0.1) is 18.1 Å². The molecule has 0 unspecified atom stereocenters. The predicted octanol–water partition coefficient (Wildman–Crippen LogP) is 8.59. The minimum absolute atomic E-state index is 0.00122. The van der Waals surface area contributed by atoms with Crippen LogP contribution < -0.4 is 0 Å². The van der Waals surface area contributed by atoms with E-state index >= 15 is 0 Å². The molecule has 5 rings (SSSR count). The predicted molar refractivity (Wildman–Crippen MR) is 155 cm³/mol. The third-order valence-electron chi connectivity index (χ3n) is 14.3. The molecule has 0 aromatic heterocycles. The van der Waals surface area contributed by atoms with E-state index in [0.29, 0.717) is 46.5 Å². The second-order valence-electron chi connectivity index (χ2n) is 17.3. The number of rotatable bonds is 3. The molecule has 216 valence electrons. The van der Waals surface area contributed by atoms with E-state index in [1.165, 1.54) is 63.4 Å². The Kier molecular flexibility index (Phi) is 6.67. The Bertz CT molecular complexity index is 974. The molecule has 5 aliphatic carbocycles. The Hall–Kier alpha value is -0.830. The molecule has 0 aromatic rings. The largest absolute Gasteiger partial charge is 0.465 e. The number of aliphatic hydroxyl groups is 1. The van der Waals surface area contributed by atoms with Gasteiger partial charge in [0, 0.05) is 5.41 Å². The number of fused-ring (bicyclic) bond motifs is 7. The van der Waals surface area contributed by atoms with Crippen LogP contribution in [0.4, 0.5) is 0 Å². The van der Waals surface area contributed by atoms with Gasteiger partial charge in [0.2, 0.25) is 0 Å². The smallest absolute Gasteiger partial charge is 0.311 e. The van der Waals surface area contributed by atoms with Crippen molar-refractivity contribution in [1.29, 1.82) is 0 Å². The summed E-state index contributed by atoms with van der Waals surface area (Å²) in [7, 11) is 0. The van der Waals surface area contributed by atoms with Crippen LogP contribution in [0.25, 0.3) is 0 Å². The van der Waals surface area contributed by atoms with Gasteiger partial charge in [0.15, 0.2) is 0 Å². The van der Waals surface area contributed by atoms with Crippen molar-refractivity contribution in [2.75, 3.05) is 6.61 Å². The highest BCUT2D eigenvalue weighted by Gasteiger charge is 2.71. The van der Waals surface area contributed by atoms with E-state index in [0.717, 1.165) is 12.3 Å². The molecule has 10 atom stereocenters. The third kappa shape index (κ3) is 3.78. The number of hydrogen-bond donors (Lipinski definition) is 1. The number of carbonyl (C=O) groups is 1. The highest BCUT2D eigenvalue weighted by Crippen LogP contribution is 2.77. The molecule has 0 aliphatic heterocycles. The fraction of sp³-hybridized carbons (Fsp3) is 0.914. The minimum Gasteiger partial charge on any atom is -0.465 e. The molecule has 3 heteroatoms. The van der Waals surface area contributed by atoms with Crippen molar-refractivity contribution in [3.8, 4) is 0 Å². The summed E-state index contributed by atoms with van der Waals surface area (Å²) in [6, 6.07) is 0. The summed E-state index contributed by atoms with van der Waals surface area (Å²) in [4.78, 5) is 12.9. The van der Waals surface area contributed by atoms with Crippen LogP contribution >= 0.6 is 0 Å². The van der Waals surface area contributed by atoms with Gasteiger partial charge < -0.3 is 9.84 Å². The van der Waals surface area contributed by atoms with Crippen LogP contribution in [0.5, 0.6) is 0 Å². The number of hydrogen-bond acceptors (Lipinski definition) is 3. The van der Waals surface area contributed by atoms with E-state index in [9.17, 15) is 9.90 Å². The van der Waals surface area contributed by atoms with Crippen LogP contribution in [-0.4, -0.2) is 23.8 Å². The number of carbonyl (C=O) groups excluding carboxylic acids is 1. The van der Waals surface area contributed by atoms with Crippen LogP contribution in [0.15, 0.2) is 12.2 Å². The van der Waals surface area contributed by atoms with Gasteiger partial charge in [-0.2, -0.15) is 0 Å². The molecule has 0 heterocycles. The Morgan fingerprint density at radius 3 is 2.18 bits per heavy atom. The van der Waals surface area contributed by atoms with E-state index in [-0.39, 0.29) is 22.9 Å². The first kappa shape index (κ1) is 28.7. The molecule has 5 aliphatic rings. The van der Waals surface area contributed by atoms with Crippen molar-refractivity contribution in [3.63, 3.8) is 0 Å². The molecule has 0 amide bonds. The van der Waals surface area contributed by atoms with E-state index in [2.05, 4.69) is 48.1 Å². The molecular formula is C35H58O3. The number of allylic oxidation sites excluding steroid dienone is 1. The molecule has 5 saturated carbocycles. The van der Waals surface area contributed by atoms with E-state index < -0.39 is 5.41 Å². The zero-order valence-corrected chi connectivity index (χ0v) is 26.2. The maximum atomic E-state index is 12.9. The van der Waals surface area contributed by atoms with Crippen LogP contribution in [-0.2, 0) is 9.53 Å². The Labute approximate surface area is 233 Å². The second kappa shape index (κ2) is 8.83. The van der Waals surface area contributed by atoms with Gasteiger partial charge in [0.25, 0.3) is 0 Å². The molecule has 0 radical (unpaired) electrons. The van der Waals surface area contributed by atoms with Crippen LogP contribution in [0.1, 0.15) is 127 Å². The summed E-state index contributed by atoms with van der Waals surface area (Å²) in [5, 5.41) is 11.0. The van der Waals surface area contributed by atoms with Crippen LogP contribution in [0, 0.1) is 62.1 Å². The number of aliphatic hydroxyl groups excluding tert-OH is 1. The topological polar surface area (TPSA) is 46.5 Å². The molecule has 0 aromatic carbocycles. The number of esters is 1. The van der Waals surface area contributed by atoms with Gasteiger partial charge in [-0.3, -0.25) is 4.79 Å². The average Bonchev–Trinajstić information content (AvgIpc) is 3.20. The zero-order valence-electron chi connectivity index (χ0n) is 26.2. The molecule has 3 nitrogen and oxygen atoms in total. The zero-order chi connectivity index (χ0) is 28.1. The van der Waals surface area contributed by atoms with Crippen molar-refractivity contribution in [3.05, 3.63) is 12.2 Å². The maximum absolute atomic E-state index is 12.9. The van der Waals surface area contributed by atoms with Crippen molar-refractivity contribution in [1.82, 2.24) is 0 Å². The first-order valence-electron chi connectivity index (χ1n) is 15.9. The lowest BCUT2D eigenvalue weighted by molar-refractivity contribution is -0.250. The highest BCUT2D eigenvalue weighted by molar-refractivity contribution is 5.75. The maximum Gasteiger partial charge on any atom is 0.311 e. The number of ether oxygens (including phenoxy) is 1. The van der Waals surface area contributed by atoms with Crippen molar-refractivity contribution < 1.29 is 14.6 Å². The van der Waals surface area contributed by atoms with Gasteiger partial charge in [-0.1, -0.05) is 46.8 Å². The van der Waals surface area contributed by atoms with Gasteiger partial charge in [-0.25, -0.2) is 0 Å². The summed E-state index contributed by atoms with van der Waals surface area (Å²) in [6.07, 6.45) is 11.9. The Morgan fingerprint density at radius 2 is 1.55 bits per heavy atom. The molecule has 0 bridgehead atoms. The van der Waals surface area contributed by atoms with Crippen molar-refractivity contribution >= 4 is 5.97 Å². The van der Waals surface area contributed by atoms with Gasteiger partial charge >= 0.3 is 5.97 Å². The summed E-state index contributed by atoms with van der Waals surface area (Å²) in [5.41, 5.74) is 1.92. The molecule has 1 N–H and O–H groups in total. The lowest BCUT2D eigenvalue weighted by Gasteiger charge is -2.73. The quantitative estimate of drug-likeness (QED) is 0.296. The summed E-state index contributed by atoms with van der Waals surface area (Å²) < 4.78 is 6.15.